The van der Waals surface area contributed by atoms with Gasteiger partial charge in [0.15, 0.2) is 0 Å². The Morgan fingerprint density at radius 1 is 1.06 bits per heavy atom. The van der Waals surface area contributed by atoms with E-state index in [-0.39, 0.29) is 28.8 Å². The smallest absolute Gasteiger partial charge is 0.338 e. The summed E-state index contributed by atoms with van der Waals surface area (Å²) in [6.45, 7) is 2.53. The van der Waals surface area contributed by atoms with Crippen LogP contribution in [-0.4, -0.2) is 35.0 Å². The van der Waals surface area contributed by atoms with Crippen LogP contribution in [0.15, 0.2) is 72.8 Å². The number of ether oxygens (including phenoxy) is 1. The molecular weight excluding hydrogens is 472 g/mol. The van der Waals surface area contributed by atoms with E-state index < -0.39 is 5.97 Å². The highest BCUT2D eigenvalue weighted by molar-refractivity contribution is 8.00. The third-order valence-corrected chi connectivity index (χ3v) is 6.92. The summed E-state index contributed by atoms with van der Waals surface area (Å²) in [5, 5.41) is 2.91. The second-order valence-electron chi connectivity index (χ2n) is 7.66. The number of halogens is 1. The maximum atomic E-state index is 12.7. The molecule has 1 N–H and O–H groups in total. The normalized spacial score (nSPS) is 15.3. The van der Waals surface area contributed by atoms with E-state index in [0.717, 1.165) is 11.1 Å². The van der Waals surface area contributed by atoms with Gasteiger partial charge in [-0.2, -0.15) is 0 Å². The first kappa shape index (κ1) is 23.9. The fourth-order valence-corrected chi connectivity index (χ4v) is 5.05. The van der Waals surface area contributed by atoms with Crippen molar-refractivity contribution in [3.63, 3.8) is 0 Å². The number of rotatable bonds is 7. The average Bonchev–Trinajstić information content (AvgIpc) is 3.21. The fourth-order valence-electron chi connectivity index (χ4n) is 3.63. The first-order valence-electron chi connectivity index (χ1n) is 10.8. The molecule has 0 spiro atoms. The maximum absolute atomic E-state index is 12.7. The SMILES string of the molecule is CCOC(=O)c1ccc(NC(=O)c2ccc([C@@H]3SCC(=O)N3Cc3ccccc3)cc2)c(Cl)c1. The molecule has 6 nitrogen and oxygen atoms in total. The lowest BCUT2D eigenvalue weighted by molar-refractivity contribution is -0.128. The van der Waals surface area contributed by atoms with Crippen LogP contribution in [0.1, 0.15) is 44.1 Å². The highest BCUT2D eigenvalue weighted by Gasteiger charge is 2.32. The Bertz CT molecular complexity index is 1200. The minimum absolute atomic E-state index is 0.0987. The lowest BCUT2D eigenvalue weighted by Crippen LogP contribution is -2.27. The highest BCUT2D eigenvalue weighted by Crippen LogP contribution is 2.39. The molecule has 2 amide bonds. The van der Waals surface area contributed by atoms with Gasteiger partial charge in [0.2, 0.25) is 5.91 Å². The summed E-state index contributed by atoms with van der Waals surface area (Å²) in [7, 11) is 0. The van der Waals surface area contributed by atoms with Crippen molar-refractivity contribution in [3.8, 4) is 0 Å². The van der Waals surface area contributed by atoms with Crippen LogP contribution in [0.4, 0.5) is 5.69 Å². The zero-order chi connectivity index (χ0) is 24.1. The van der Waals surface area contributed by atoms with Gasteiger partial charge in [0.1, 0.15) is 5.37 Å². The van der Waals surface area contributed by atoms with Gasteiger partial charge in [0.25, 0.3) is 5.91 Å². The maximum Gasteiger partial charge on any atom is 0.338 e. The van der Waals surface area contributed by atoms with E-state index >= 15 is 0 Å². The van der Waals surface area contributed by atoms with Gasteiger partial charge in [-0.3, -0.25) is 9.59 Å². The van der Waals surface area contributed by atoms with Crippen LogP contribution in [0.3, 0.4) is 0 Å². The molecule has 8 heteroatoms. The van der Waals surface area contributed by atoms with Crippen LogP contribution in [-0.2, 0) is 16.1 Å². The Morgan fingerprint density at radius 3 is 2.44 bits per heavy atom. The Labute approximate surface area is 207 Å². The zero-order valence-electron chi connectivity index (χ0n) is 18.5. The van der Waals surface area contributed by atoms with Gasteiger partial charge in [-0.05, 0) is 48.4 Å². The topological polar surface area (TPSA) is 75.7 Å². The molecule has 4 rings (SSSR count). The van der Waals surface area contributed by atoms with E-state index in [1.807, 2.05) is 47.4 Å². The number of carbonyl (C=O) groups is 3. The first-order chi connectivity index (χ1) is 16.5. The summed E-state index contributed by atoms with van der Waals surface area (Å²) in [4.78, 5) is 38.9. The van der Waals surface area contributed by atoms with Gasteiger partial charge < -0.3 is 15.0 Å². The molecule has 0 radical (unpaired) electrons. The molecule has 1 heterocycles. The van der Waals surface area contributed by atoms with Crippen LogP contribution in [0.2, 0.25) is 5.02 Å². The predicted molar refractivity (Wildman–Crippen MR) is 134 cm³/mol. The molecule has 1 aliphatic heterocycles. The molecule has 0 aromatic heterocycles. The van der Waals surface area contributed by atoms with Crippen molar-refractivity contribution < 1.29 is 19.1 Å². The highest BCUT2D eigenvalue weighted by atomic mass is 35.5. The molecule has 3 aromatic carbocycles. The number of anilines is 1. The number of thioether (sulfide) groups is 1. The van der Waals surface area contributed by atoms with Crippen molar-refractivity contribution in [3.05, 3.63) is 100 Å². The standard InChI is InChI=1S/C26H23ClN2O4S/c1-2-33-26(32)20-12-13-22(21(27)14-20)28-24(31)18-8-10-19(11-9-18)25-29(23(30)16-34-25)15-17-6-4-3-5-7-17/h3-14,25H,2,15-16H2,1H3,(H,28,31)/t25-/m0/s1. The molecule has 0 aliphatic carbocycles. The van der Waals surface area contributed by atoms with Crippen LogP contribution >= 0.6 is 23.4 Å². The Hall–Kier alpha value is -3.29. The molecule has 0 saturated carbocycles. The number of benzene rings is 3. The number of nitrogens with one attached hydrogen (secondary N) is 1. The number of hydrogen-bond acceptors (Lipinski definition) is 5. The Balaban J connectivity index is 1.44. The lowest BCUT2D eigenvalue weighted by Gasteiger charge is -2.24. The number of hydrogen-bond donors (Lipinski definition) is 1. The molecule has 174 valence electrons. The lowest BCUT2D eigenvalue weighted by atomic mass is 10.1. The second kappa shape index (κ2) is 10.8. The van der Waals surface area contributed by atoms with Crippen molar-refractivity contribution in [2.24, 2.45) is 0 Å². The number of nitrogens with zero attached hydrogens (tertiary/aromatic N) is 1. The van der Waals surface area contributed by atoms with Gasteiger partial charge in [-0.15, -0.1) is 11.8 Å². The quantitative estimate of drug-likeness (QED) is 0.436. The van der Waals surface area contributed by atoms with E-state index in [0.29, 0.717) is 29.1 Å². The summed E-state index contributed by atoms with van der Waals surface area (Å²) >= 11 is 7.83. The number of carbonyl (C=O) groups excluding carboxylic acids is 3. The van der Waals surface area contributed by atoms with Crippen molar-refractivity contribution in [2.45, 2.75) is 18.8 Å². The summed E-state index contributed by atoms with van der Waals surface area (Å²) in [5.74, 6) is -0.266. The van der Waals surface area contributed by atoms with Crippen LogP contribution in [0, 0.1) is 0 Å². The van der Waals surface area contributed by atoms with Gasteiger partial charge >= 0.3 is 5.97 Å². The summed E-state index contributed by atoms with van der Waals surface area (Å²) in [6.07, 6.45) is 0. The summed E-state index contributed by atoms with van der Waals surface area (Å²) in [5.41, 5.74) is 3.20. The summed E-state index contributed by atoms with van der Waals surface area (Å²) < 4.78 is 4.96. The van der Waals surface area contributed by atoms with Gasteiger partial charge in [0, 0.05) is 12.1 Å². The average molecular weight is 495 g/mol. The zero-order valence-corrected chi connectivity index (χ0v) is 20.1. The molecule has 1 aliphatic rings. The monoisotopic (exact) mass is 494 g/mol. The molecular formula is C26H23ClN2O4S. The third-order valence-electron chi connectivity index (χ3n) is 5.35. The van der Waals surface area contributed by atoms with Crippen LogP contribution in [0.5, 0.6) is 0 Å². The Morgan fingerprint density at radius 2 is 1.76 bits per heavy atom. The fraction of sp³-hybridized carbons (Fsp3) is 0.192. The van der Waals surface area contributed by atoms with Crippen molar-refractivity contribution in [2.75, 3.05) is 17.7 Å². The van der Waals surface area contributed by atoms with Crippen molar-refractivity contribution in [1.29, 1.82) is 0 Å². The van der Waals surface area contributed by atoms with E-state index in [1.165, 1.54) is 6.07 Å². The molecule has 1 saturated heterocycles. The van der Waals surface area contributed by atoms with E-state index in [1.54, 1.807) is 43.0 Å². The van der Waals surface area contributed by atoms with E-state index in [4.69, 9.17) is 16.3 Å². The molecule has 3 aromatic rings. The molecule has 1 atom stereocenters. The molecule has 0 unspecified atom stereocenters. The molecule has 0 bridgehead atoms. The minimum Gasteiger partial charge on any atom is -0.462 e. The van der Waals surface area contributed by atoms with Crippen molar-refractivity contribution in [1.82, 2.24) is 4.90 Å². The van der Waals surface area contributed by atoms with E-state index in [9.17, 15) is 14.4 Å². The van der Waals surface area contributed by atoms with E-state index in [2.05, 4.69) is 5.32 Å². The third kappa shape index (κ3) is 5.43. The number of esters is 1. The minimum atomic E-state index is -0.470. The van der Waals surface area contributed by atoms with Crippen molar-refractivity contribution >= 4 is 46.8 Å². The number of amides is 2. The van der Waals surface area contributed by atoms with Crippen LogP contribution in [0.25, 0.3) is 0 Å². The summed E-state index contributed by atoms with van der Waals surface area (Å²) in [6, 6.07) is 21.7. The van der Waals surface area contributed by atoms with Crippen LogP contribution < -0.4 is 5.32 Å². The molecule has 1 fully saturated rings. The largest absolute Gasteiger partial charge is 0.462 e. The predicted octanol–water partition coefficient (Wildman–Crippen LogP) is 5.54. The van der Waals surface area contributed by atoms with Gasteiger partial charge in [0.05, 0.1) is 28.6 Å². The van der Waals surface area contributed by atoms with Gasteiger partial charge in [-0.25, -0.2) is 4.79 Å². The Kier molecular flexibility index (Phi) is 7.55. The van der Waals surface area contributed by atoms with Gasteiger partial charge in [-0.1, -0.05) is 54.1 Å². The first-order valence-corrected chi connectivity index (χ1v) is 12.2. The molecule has 34 heavy (non-hydrogen) atoms. The second-order valence-corrected chi connectivity index (χ2v) is 9.14.